The molecule has 5 nitrogen and oxygen atoms in total. The molecule has 0 saturated carbocycles. The molecule has 2 aromatic carbocycles. The summed E-state index contributed by atoms with van der Waals surface area (Å²) in [5.74, 6) is -1.45. The van der Waals surface area contributed by atoms with Crippen LogP contribution in [-0.4, -0.2) is 20.9 Å². The zero-order valence-electron chi connectivity index (χ0n) is 17.1. The van der Waals surface area contributed by atoms with E-state index in [1.54, 1.807) is 12.1 Å². The van der Waals surface area contributed by atoms with Crippen molar-refractivity contribution in [2.45, 2.75) is 50.3 Å². The van der Waals surface area contributed by atoms with Crippen molar-refractivity contribution in [3.8, 4) is 0 Å². The van der Waals surface area contributed by atoms with Crippen molar-refractivity contribution in [1.29, 1.82) is 0 Å². The fourth-order valence-corrected chi connectivity index (χ4v) is 4.60. The van der Waals surface area contributed by atoms with Crippen molar-refractivity contribution in [1.82, 2.24) is 4.72 Å². The van der Waals surface area contributed by atoms with Crippen LogP contribution in [0.4, 0.5) is 10.1 Å². The van der Waals surface area contributed by atoms with Gasteiger partial charge in [-0.05, 0) is 68.4 Å². The van der Waals surface area contributed by atoms with Gasteiger partial charge < -0.3 is 5.32 Å². The van der Waals surface area contributed by atoms with Crippen molar-refractivity contribution in [3.05, 3.63) is 71.1 Å². The molecule has 0 radical (unpaired) electrons. The molecule has 0 heterocycles. The zero-order valence-corrected chi connectivity index (χ0v) is 17.9. The Bertz CT molecular complexity index is 1050. The number of benzene rings is 2. The number of carbonyl (C=O) groups is 1. The Morgan fingerprint density at radius 1 is 1.13 bits per heavy atom. The largest absolute Gasteiger partial charge is 0.322 e. The van der Waals surface area contributed by atoms with E-state index >= 15 is 0 Å². The molecule has 7 heteroatoms. The Kier molecular flexibility index (Phi) is 7.39. The van der Waals surface area contributed by atoms with Gasteiger partial charge in [0.1, 0.15) is 5.82 Å². The van der Waals surface area contributed by atoms with Crippen molar-refractivity contribution in [2.75, 3.05) is 11.9 Å². The van der Waals surface area contributed by atoms with Crippen molar-refractivity contribution >= 4 is 21.6 Å². The van der Waals surface area contributed by atoms with Gasteiger partial charge in [-0.1, -0.05) is 36.8 Å². The number of anilines is 1. The number of allylic oxidation sites excluding steroid dienone is 1. The molecule has 0 bridgehead atoms. The van der Waals surface area contributed by atoms with Gasteiger partial charge in [0.15, 0.2) is 0 Å². The summed E-state index contributed by atoms with van der Waals surface area (Å²) in [6.45, 7) is 2.23. The summed E-state index contributed by atoms with van der Waals surface area (Å²) in [5.41, 5.74) is 2.45. The topological polar surface area (TPSA) is 75.3 Å². The van der Waals surface area contributed by atoms with Gasteiger partial charge in [0.2, 0.25) is 10.0 Å². The number of nitrogens with one attached hydrogen (secondary N) is 2. The van der Waals surface area contributed by atoms with Crippen LogP contribution >= 0.6 is 0 Å². The SMILES string of the molecule is CCc1ccccc1NC(=O)c1cc(S(=O)(=O)NCCC2=CCCCC2)ccc1F. The van der Waals surface area contributed by atoms with Gasteiger partial charge in [0, 0.05) is 12.2 Å². The standard InChI is InChI=1S/C23H27FN2O3S/c1-2-18-10-6-7-11-22(18)26-23(27)20-16-19(12-13-21(20)24)30(28,29)25-15-14-17-8-4-3-5-9-17/h6-8,10-13,16,25H,2-5,9,14-15H2,1H3,(H,26,27). The van der Waals surface area contributed by atoms with Gasteiger partial charge in [-0.15, -0.1) is 0 Å². The van der Waals surface area contributed by atoms with E-state index in [2.05, 4.69) is 16.1 Å². The van der Waals surface area contributed by atoms with E-state index in [4.69, 9.17) is 0 Å². The predicted molar refractivity (Wildman–Crippen MR) is 117 cm³/mol. The Morgan fingerprint density at radius 3 is 2.67 bits per heavy atom. The molecule has 0 atom stereocenters. The Hall–Kier alpha value is -2.51. The molecule has 0 unspecified atom stereocenters. The maximum Gasteiger partial charge on any atom is 0.258 e. The van der Waals surface area contributed by atoms with Crippen LogP contribution in [0.25, 0.3) is 0 Å². The lowest BCUT2D eigenvalue weighted by Crippen LogP contribution is -2.26. The lowest BCUT2D eigenvalue weighted by molar-refractivity contribution is 0.102. The van der Waals surface area contributed by atoms with Crippen LogP contribution in [0.15, 0.2) is 59.0 Å². The lowest BCUT2D eigenvalue weighted by atomic mass is 9.97. The van der Waals surface area contributed by atoms with Crippen molar-refractivity contribution in [2.24, 2.45) is 0 Å². The van der Waals surface area contributed by atoms with Gasteiger partial charge >= 0.3 is 0 Å². The molecule has 0 aromatic heterocycles. The van der Waals surface area contributed by atoms with Crippen LogP contribution < -0.4 is 10.0 Å². The van der Waals surface area contributed by atoms with Crippen molar-refractivity contribution < 1.29 is 17.6 Å². The normalized spacial score (nSPS) is 14.3. The van der Waals surface area contributed by atoms with Gasteiger partial charge in [-0.3, -0.25) is 4.79 Å². The van der Waals surface area contributed by atoms with Crippen LogP contribution in [0.2, 0.25) is 0 Å². The van der Waals surface area contributed by atoms with E-state index in [1.165, 1.54) is 18.1 Å². The van der Waals surface area contributed by atoms with E-state index in [9.17, 15) is 17.6 Å². The maximum atomic E-state index is 14.3. The summed E-state index contributed by atoms with van der Waals surface area (Å²) in [7, 11) is -3.84. The fourth-order valence-electron chi connectivity index (χ4n) is 3.55. The minimum absolute atomic E-state index is 0.129. The smallest absolute Gasteiger partial charge is 0.258 e. The highest BCUT2D eigenvalue weighted by atomic mass is 32.2. The number of aryl methyl sites for hydroxylation is 1. The second-order valence-electron chi connectivity index (χ2n) is 7.36. The second kappa shape index (κ2) is 10.00. The van der Waals surface area contributed by atoms with Crippen LogP contribution in [0, 0.1) is 5.82 Å². The summed E-state index contributed by atoms with van der Waals surface area (Å²) in [4.78, 5) is 12.5. The quantitative estimate of drug-likeness (QED) is 0.590. The minimum Gasteiger partial charge on any atom is -0.322 e. The molecule has 2 N–H and O–H groups in total. The molecular formula is C23H27FN2O3S. The third-order valence-corrected chi connectivity index (χ3v) is 6.72. The summed E-state index contributed by atoms with van der Waals surface area (Å²) >= 11 is 0. The first-order valence-corrected chi connectivity index (χ1v) is 11.8. The number of hydrogen-bond acceptors (Lipinski definition) is 3. The molecule has 3 rings (SSSR count). The van der Waals surface area contributed by atoms with E-state index in [0.717, 1.165) is 37.0 Å². The van der Waals surface area contributed by atoms with Gasteiger partial charge in [-0.2, -0.15) is 0 Å². The molecule has 30 heavy (non-hydrogen) atoms. The first-order chi connectivity index (χ1) is 14.4. The third kappa shape index (κ3) is 5.55. The molecule has 0 fully saturated rings. The zero-order chi connectivity index (χ0) is 21.6. The van der Waals surface area contributed by atoms with E-state index in [1.807, 2.05) is 19.1 Å². The number of carbonyl (C=O) groups excluding carboxylic acids is 1. The summed E-state index contributed by atoms with van der Waals surface area (Å²) in [5, 5.41) is 2.68. The maximum absolute atomic E-state index is 14.3. The first kappa shape index (κ1) is 22.2. The summed E-state index contributed by atoms with van der Waals surface area (Å²) in [6, 6.07) is 10.5. The van der Waals surface area contributed by atoms with E-state index in [-0.39, 0.29) is 17.0 Å². The molecule has 2 aromatic rings. The number of para-hydroxylation sites is 1. The second-order valence-corrected chi connectivity index (χ2v) is 9.13. The van der Waals surface area contributed by atoms with Crippen LogP contribution in [-0.2, 0) is 16.4 Å². The molecule has 1 aliphatic carbocycles. The minimum atomic E-state index is -3.84. The van der Waals surface area contributed by atoms with E-state index in [0.29, 0.717) is 18.5 Å². The first-order valence-electron chi connectivity index (χ1n) is 10.3. The molecular weight excluding hydrogens is 403 g/mol. The number of rotatable bonds is 8. The highest BCUT2D eigenvalue weighted by Crippen LogP contribution is 2.21. The highest BCUT2D eigenvalue weighted by Gasteiger charge is 2.20. The Morgan fingerprint density at radius 2 is 1.93 bits per heavy atom. The van der Waals surface area contributed by atoms with Gasteiger partial charge in [0.05, 0.1) is 10.5 Å². The molecule has 0 spiro atoms. The summed E-state index contributed by atoms with van der Waals surface area (Å²) < 4.78 is 42.1. The number of hydrogen-bond donors (Lipinski definition) is 2. The fraction of sp³-hybridized carbons (Fsp3) is 0.348. The molecule has 160 valence electrons. The van der Waals surface area contributed by atoms with Crippen molar-refractivity contribution in [3.63, 3.8) is 0 Å². The number of halogens is 1. The monoisotopic (exact) mass is 430 g/mol. The van der Waals surface area contributed by atoms with Gasteiger partial charge in [-0.25, -0.2) is 17.5 Å². The Labute approximate surface area is 177 Å². The van der Waals surface area contributed by atoms with Crippen LogP contribution in [0.1, 0.15) is 54.9 Å². The Balaban J connectivity index is 1.73. The molecule has 1 aliphatic rings. The van der Waals surface area contributed by atoms with Gasteiger partial charge in [0.25, 0.3) is 5.91 Å². The molecule has 0 aliphatic heterocycles. The number of amides is 1. The predicted octanol–water partition coefficient (Wildman–Crippen LogP) is 4.81. The number of sulfonamides is 1. The van der Waals surface area contributed by atoms with E-state index < -0.39 is 21.7 Å². The average Bonchev–Trinajstić information content (AvgIpc) is 2.75. The van der Waals surface area contributed by atoms with Crippen LogP contribution in [0.3, 0.4) is 0 Å². The third-order valence-electron chi connectivity index (χ3n) is 5.26. The molecule has 1 amide bonds. The molecule has 0 saturated heterocycles. The average molecular weight is 431 g/mol. The summed E-state index contributed by atoms with van der Waals surface area (Å²) in [6.07, 6.45) is 7.89. The lowest BCUT2D eigenvalue weighted by Gasteiger charge is -2.14. The van der Waals surface area contributed by atoms with Crippen LogP contribution in [0.5, 0.6) is 0 Å². The highest BCUT2D eigenvalue weighted by molar-refractivity contribution is 7.89.